The van der Waals surface area contributed by atoms with Crippen molar-refractivity contribution in [3.63, 3.8) is 0 Å². The molecule has 5 aliphatic rings. The minimum absolute atomic E-state index is 0.0511. The van der Waals surface area contributed by atoms with Crippen molar-refractivity contribution in [1.29, 1.82) is 0 Å². The Bertz CT molecular complexity index is 1850. The number of hydrogen-bond acceptors (Lipinski definition) is 11. The average molecular weight is 746 g/mol. The van der Waals surface area contributed by atoms with Crippen LogP contribution in [-0.4, -0.2) is 72.4 Å². The van der Waals surface area contributed by atoms with E-state index in [1.807, 2.05) is 97.1 Å². The van der Waals surface area contributed by atoms with Gasteiger partial charge >= 0.3 is 12.3 Å². The maximum atomic E-state index is 11.9. The first-order chi connectivity index (χ1) is 26.8. The molecule has 3 aliphatic heterocycles. The zero-order valence-electron chi connectivity index (χ0n) is 29.9. The van der Waals surface area contributed by atoms with E-state index in [2.05, 4.69) is 5.32 Å². The zero-order valence-corrected chi connectivity index (χ0v) is 29.9. The van der Waals surface area contributed by atoms with Gasteiger partial charge in [-0.25, -0.2) is 9.59 Å². The standard InChI is InChI=1S/2C19H15NO5.C4H9N/c2*21-17-9-10-18(22)20(17)25-19(23)24-11-16-14-7-3-1-5-12(14)13-6-2-4-8-15(13)16;1-2-4-5-3-1/h2*1-8,16H,9-11H2;5H,1-4H2. The van der Waals surface area contributed by atoms with Gasteiger partial charge in [-0.1, -0.05) is 107 Å². The van der Waals surface area contributed by atoms with Crippen molar-refractivity contribution in [2.24, 2.45) is 0 Å². The van der Waals surface area contributed by atoms with Crippen LogP contribution in [0.5, 0.6) is 0 Å². The summed E-state index contributed by atoms with van der Waals surface area (Å²) in [5, 5.41) is 4.19. The lowest BCUT2D eigenvalue weighted by Gasteiger charge is -2.16. The fourth-order valence-corrected chi connectivity index (χ4v) is 7.32. The maximum absolute atomic E-state index is 11.9. The Morgan fingerprint density at radius 2 is 0.782 bits per heavy atom. The Morgan fingerprint density at radius 1 is 0.491 bits per heavy atom. The molecule has 55 heavy (non-hydrogen) atoms. The van der Waals surface area contributed by atoms with Crippen molar-refractivity contribution in [3.8, 4) is 22.3 Å². The second-order valence-corrected chi connectivity index (χ2v) is 13.4. The van der Waals surface area contributed by atoms with Gasteiger partial charge < -0.3 is 14.8 Å². The lowest BCUT2D eigenvalue weighted by Crippen LogP contribution is -2.32. The second-order valence-electron chi connectivity index (χ2n) is 13.4. The summed E-state index contributed by atoms with van der Waals surface area (Å²) in [6.45, 7) is 2.65. The van der Waals surface area contributed by atoms with E-state index >= 15 is 0 Å². The van der Waals surface area contributed by atoms with Gasteiger partial charge in [0.2, 0.25) is 0 Å². The molecule has 0 aromatic heterocycles. The SMILES string of the molecule is C1CCNC1.O=C(OCC1c2ccccc2-c2ccccc21)ON1C(=O)CCC1=O.O=C(OCC1c2ccccc2-c2ccccc21)ON1C(=O)CCC1=O. The van der Waals surface area contributed by atoms with Crippen molar-refractivity contribution >= 4 is 35.9 Å². The Kier molecular flexibility index (Phi) is 11.3. The highest BCUT2D eigenvalue weighted by Gasteiger charge is 2.36. The summed E-state index contributed by atoms with van der Waals surface area (Å²) in [6, 6.07) is 31.8. The first-order valence-corrected chi connectivity index (χ1v) is 18.3. The summed E-state index contributed by atoms with van der Waals surface area (Å²) in [7, 11) is 0. The molecule has 4 aromatic carbocycles. The van der Waals surface area contributed by atoms with Gasteiger partial charge in [0.15, 0.2) is 0 Å². The van der Waals surface area contributed by atoms with E-state index in [0.717, 1.165) is 44.5 Å². The number of fused-ring (bicyclic) bond motifs is 6. The predicted octanol–water partition coefficient (Wildman–Crippen LogP) is 6.40. The number of hydroxylamine groups is 4. The quantitative estimate of drug-likeness (QED) is 0.172. The van der Waals surface area contributed by atoms with Gasteiger partial charge in [-0.2, -0.15) is 0 Å². The Morgan fingerprint density at radius 3 is 1.05 bits per heavy atom. The summed E-state index contributed by atoms with van der Waals surface area (Å²) in [6.07, 6.45) is 0.881. The van der Waals surface area contributed by atoms with Gasteiger partial charge in [0, 0.05) is 37.5 Å². The van der Waals surface area contributed by atoms with Crippen molar-refractivity contribution in [3.05, 3.63) is 119 Å². The van der Waals surface area contributed by atoms with Crippen molar-refractivity contribution in [2.45, 2.75) is 50.4 Å². The first kappa shape index (κ1) is 37.0. The summed E-state index contributed by atoms with van der Waals surface area (Å²) in [4.78, 5) is 79.2. The van der Waals surface area contributed by atoms with Gasteiger partial charge in [0.1, 0.15) is 13.2 Å². The number of nitrogens with zero attached hydrogens (tertiary/aromatic N) is 2. The van der Waals surface area contributed by atoms with E-state index < -0.39 is 35.9 Å². The van der Waals surface area contributed by atoms with Gasteiger partial charge in [-0.05, 0) is 70.4 Å². The molecule has 13 heteroatoms. The number of amides is 4. The van der Waals surface area contributed by atoms with Crippen LogP contribution in [0.3, 0.4) is 0 Å². The topological polar surface area (TPSA) is 158 Å². The molecule has 13 nitrogen and oxygen atoms in total. The van der Waals surface area contributed by atoms with Gasteiger partial charge in [-0.15, -0.1) is 0 Å². The third kappa shape index (κ3) is 8.11. The lowest BCUT2D eigenvalue weighted by molar-refractivity contribution is -0.177. The van der Waals surface area contributed by atoms with Crippen LogP contribution in [0.4, 0.5) is 9.59 Å². The van der Waals surface area contributed by atoms with E-state index in [1.54, 1.807) is 0 Å². The molecule has 4 amide bonds. The van der Waals surface area contributed by atoms with Crippen molar-refractivity contribution < 1.29 is 47.9 Å². The third-order valence-corrected chi connectivity index (χ3v) is 9.96. The van der Waals surface area contributed by atoms with Gasteiger partial charge in [-0.3, -0.25) is 28.9 Å². The summed E-state index contributed by atoms with van der Waals surface area (Å²) >= 11 is 0. The number of rotatable bonds is 6. The van der Waals surface area contributed by atoms with E-state index in [1.165, 1.54) is 25.9 Å². The molecule has 3 saturated heterocycles. The minimum atomic E-state index is -1.05. The van der Waals surface area contributed by atoms with Crippen LogP contribution in [-0.2, 0) is 38.3 Å². The molecule has 0 spiro atoms. The summed E-state index contributed by atoms with van der Waals surface area (Å²) < 4.78 is 10.4. The highest BCUT2D eigenvalue weighted by molar-refractivity contribution is 6.02. The molecule has 1 N–H and O–H groups in total. The molecule has 3 fully saturated rings. The summed E-state index contributed by atoms with van der Waals surface area (Å²) in [5.41, 5.74) is 8.76. The molecule has 282 valence electrons. The first-order valence-electron chi connectivity index (χ1n) is 18.3. The van der Waals surface area contributed by atoms with Crippen molar-refractivity contribution in [2.75, 3.05) is 26.3 Å². The molecule has 0 saturated carbocycles. The molecular formula is C42H39N3O10. The molecule has 2 aliphatic carbocycles. The van der Waals surface area contributed by atoms with E-state index in [4.69, 9.17) is 19.1 Å². The highest BCUT2D eigenvalue weighted by Crippen LogP contribution is 2.45. The molecule has 0 atom stereocenters. The summed E-state index contributed by atoms with van der Waals surface area (Å²) in [5.74, 6) is -2.33. The Balaban J connectivity index is 0.000000150. The number of carbonyl (C=O) groups excluding carboxylic acids is 6. The average Bonchev–Trinajstić information content (AvgIpc) is 4.06. The van der Waals surface area contributed by atoms with Crippen LogP contribution in [0.15, 0.2) is 97.1 Å². The largest absolute Gasteiger partial charge is 0.533 e. The molecule has 0 bridgehead atoms. The molecular weight excluding hydrogens is 706 g/mol. The van der Waals surface area contributed by atoms with Gasteiger partial charge in [0.25, 0.3) is 23.6 Å². The molecule has 9 rings (SSSR count). The maximum Gasteiger partial charge on any atom is 0.533 e. The highest BCUT2D eigenvalue weighted by atomic mass is 16.8. The molecule has 4 aromatic rings. The number of hydrogen-bond donors (Lipinski definition) is 1. The Hall–Kier alpha value is -6.34. The minimum Gasteiger partial charge on any atom is -0.432 e. The Labute approximate surface area is 317 Å². The van der Waals surface area contributed by atoms with Crippen LogP contribution >= 0.6 is 0 Å². The number of nitrogens with one attached hydrogen (secondary N) is 1. The van der Waals surface area contributed by atoms with E-state index in [0.29, 0.717) is 10.1 Å². The fraction of sp³-hybridized carbons (Fsp3) is 0.286. The molecule has 0 unspecified atom stereocenters. The van der Waals surface area contributed by atoms with E-state index in [9.17, 15) is 28.8 Å². The van der Waals surface area contributed by atoms with Crippen LogP contribution in [0.1, 0.15) is 72.6 Å². The smallest absolute Gasteiger partial charge is 0.432 e. The predicted molar refractivity (Wildman–Crippen MR) is 197 cm³/mol. The molecule has 3 heterocycles. The van der Waals surface area contributed by atoms with Gasteiger partial charge in [0.05, 0.1) is 0 Å². The van der Waals surface area contributed by atoms with Crippen LogP contribution in [0.2, 0.25) is 0 Å². The van der Waals surface area contributed by atoms with Crippen LogP contribution in [0.25, 0.3) is 22.3 Å². The second kappa shape index (κ2) is 16.8. The van der Waals surface area contributed by atoms with E-state index in [-0.39, 0.29) is 50.7 Å². The number of ether oxygens (including phenoxy) is 2. The number of carbonyl (C=O) groups is 6. The fourth-order valence-electron chi connectivity index (χ4n) is 7.32. The molecule has 0 radical (unpaired) electrons. The van der Waals surface area contributed by atoms with Crippen LogP contribution < -0.4 is 5.32 Å². The normalized spacial score (nSPS) is 16.7. The zero-order chi connectivity index (χ0) is 38.3. The lowest BCUT2D eigenvalue weighted by atomic mass is 9.98. The number of imide groups is 2. The number of benzene rings is 4. The third-order valence-electron chi connectivity index (χ3n) is 9.96. The van der Waals surface area contributed by atoms with Crippen LogP contribution in [0, 0.1) is 0 Å². The monoisotopic (exact) mass is 745 g/mol. The van der Waals surface area contributed by atoms with Crippen molar-refractivity contribution in [1.82, 2.24) is 15.4 Å².